The summed E-state index contributed by atoms with van der Waals surface area (Å²) >= 11 is 0. The van der Waals surface area contributed by atoms with E-state index < -0.39 is 0 Å². The second-order valence-corrected chi connectivity index (χ2v) is 2.91. The summed E-state index contributed by atoms with van der Waals surface area (Å²) in [6.45, 7) is 7.40. The predicted molar refractivity (Wildman–Crippen MR) is 52.0 cm³/mol. The fourth-order valence-electron chi connectivity index (χ4n) is 1.22. The maximum atomic E-state index is 9.46. The van der Waals surface area contributed by atoms with Crippen molar-refractivity contribution in [3.63, 3.8) is 0 Å². The first-order chi connectivity index (χ1) is 5.65. The molecule has 0 aliphatic rings. The van der Waals surface area contributed by atoms with Crippen molar-refractivity contribution >= 4 is 6.08 Å². The molecule has 0 spiro atoms. The highest BCUT2D eigenvalue weighted by atomic mass is 16.3. The summed E-state index contributed by atoms with van der Waals surface area (Å²) in [7, 11) is 0. The van der Waals surface area contributed by atoms with Crippen LogP contribution < -0.4 is 0 Å². The number of phenolic OH excluding ortho intramolecular Hbond substituents is 1. The van der Waals surface area contributed by atoms with Crippen LogP contribution in [0.1, 0.15) is 16.7 Å². The third-order valence-electron chi connectivity index (χ3n) is 1.82. The number of aryl methyl sites for hydroxylation is 2. The van der Waals surface area contributed by atoms with Crippen LogP contribution in [-0.2, 0) is 0 Å². The van der Waals surface area contributed by atoms with Crippen LogP contribution >= 0.6 is 0 Å². The Morgan fingerprint density at radius 2 is 1.75 bits per heavy atom. The van der Waals surface area contributed by atoms with Gasteiger partial charge in [0.2, 0.25) is 0 Å². The van der Waals surface area contributed by atoms with Gasteiger partial charge in [-0.2, -0.15) is 0 Å². The summed E-state index contributed by atoms with van der Waals surface area (Å²) in [5.41, 5.74) is 2.89. The molecule has 0 saturated carbocycles. The molecular weight excluding hydrogens is 148 g/mol. The zero-order valence-corrected chi connectivity index (χ0v) is 7.46. The van der Waals surface area contributed by atoms with Gasteiger partial charge < -0.3 is 5.11 Å². The highest BCUT2D eigenvalue weighted by Gasteiger charge is 2.00. The van der Waals surface area contributed by atoms with E-state index in [1.54, 1.807) is 6.08 Å². The minimum atomic E-state index is 0.385. The largest absolute Gasteiger partial charge is 0.507 e. The monoisotopic (exact) mass is 161 g/mol. The molecule has 1 nitrogen and oxygen atoms in total. The molecule has 0 atom stereocenters. The zero-order chi connectivity index (χ0) is 9.14. The fourth-order valence-corrected chi connectivity index (χ4v) is 1.22. The van der Waals surface area contributed by atoms with Gasteiger partial charge in [0.15, 0.2) is 0 Å². The minimum absolute atomic E-state index is 0.385. The topological polar surface area (TPSA) is 20.2 Å². The molecule has 0 unspecified atom stereocenters. The molecule has 0 saturated heterocycles. The van der Waals surface area contributed by atoms with Crippen molar-refractivity contribution < 1.29 is 5.11 Å². The lowest BCUT2D eigenvalue weighted by Gasteiger charge is -2.04. The molecule has 0 amide bonds. The van der Waals surface area contributed by atoms with E-state index >= 15 is 0 Å². The average molecular weight is 161 g/mol. The van der Waals surface area contributed by atoms with E-state index in [0.717, 1.165) is 16.7 Å². The van der Waals surface area contributed by atoms with Crippen LogP contribution in [0.25, 0.3) is 6.08 Å². The van der Waals surface area contributed by atoms with Gasteiger partial charge in [-0.05, 0) is 49.6 Å². The van der Waals surface area contributed by atoms with Gasteiger partial charge in [-0.3, -0.25) is 0 Å². The Morgan fingerprint density at radius 1 is 1.25 bits per heavy atom. The van der Waals surface area contributed by atoms with Gasteiger partial charge in [-0.25, -0.2) is 0 Å². The number of rotatable bonds is 1. The lowest BCUT2D eigenvalue weighted by atomic mass is 10.1. The maximum Gasteiger partial charge on any atom is 0.121 e. The quantitative estimate of drug-likeness (QED) is 0.671. The summed E-state index contributed by atoms with van der Waals surface area (Å²) < 4.78 is 0. The molecule has 1 rings (SSSR count). The first-order valence-corrected chi connectivity index (χ1v) is 3.91. The van der Waals surface area contributed by atoms with Crippen molar-refractivity contribution in [2.75, 3.05) is 0 Å². The van der Waals surface area contributed by atoms with Gasteiger partial charge >= 0.3 is 0 Å². The van der Waals surface area contributed by atoms with Crippen LogP contribution in [0.15, 0.2) is 18.2 Å². The lowest BCUT2D eigenvalue weighted by Crippen LogP contribution is -1.82. The molecule has 1 aromatic rings. The third kappa shape index (κ3) is 1.67. The van der Waals surface area contributed by atoms with E-state index in [2.05, 4.69) is 6.92 Å². The zero-order valence-electron chi connectivity index (χ0n) is 7.46. The SMILES string of the molecule is [CH2]C=Cc1cc(C)c(O)c(C)c1. The Labute approximate surface area is 73.4 Å². The number of hydrogen-bond acceptors (Lipinski definition) is 1. The van der Waals surface area contributed by atoms with Crippen LogP contribution in [0.4, 0.5) is 0 Å². The number of hydrogen-bond donors (Lipinski definition) is 1. The van der Waals surface area contributed by atoms with Crippen molar-refractivity contribution in [2.45, 2.75) is 13.8 Å². The van der Waals surface area contributed by atoms with Gasteiger partial charge in [0.05, 0.1) is 0 Å². The average Bonchev–Trinajstić information content (AvgIpc) is 2.01. The highest BCUT2D eigenvalue weighted by Crippen LogP contribution is 2.23. The summed E-state index contributed by atoms with van der Waals surface area (Å²) in [5, 5.41) is 9.46. The molecule has 0 fully saturated rings. The Kier molecular flexibility index (Phi) is 2.54. The first kappa shape index (κ1) is 8.85. The van der Waals surface area contributed by atoms with Crippen molar-refractivity contribution in [3.05, 3.63) is 41.8 Å². The summed E-state index contributed by atoms with van der Waals surface area (Å²) in [6.07, 6.45) is 3.66. The van der Waals surface area contributed by atoms with Gasteiger partial charge in [-0.15, -0.1) is 0 Å². The molecule has 12 heavy (non-hydrogen) atoms. The van der Waals surface area contributed by atoms with Crippen molar-refractivity contribution in [3.8, 4) is 5.75 Å². The molecule has 63 valence electrons. The highest BCUT2D eigenvalue weighted by molar-refractivity contribution is 5.55. The second kappa shape index (κ2) is 3.44. The van der Waals surface area contributed by atoms with E-state index in [1.165, 1.54) is 0 Å². The molecule has 1 N–H and O–H groups in total. The van der Waals surface area contributed by atoms with Gasteiger partial charge in [0.1, 0.15) is 5.75 Å². The number of aromatic hydroxyl groups is 1. The minimum Gasteiger partial charge on any atom is -0.507 e. The van der Waals surface area contributed by atoms with Gasteiger partial charge in [0.25, 0.3) is 0 Å². The lowest BCUT2D eigenvalue weighted by molar-refractivity contribution is 0.467. The van der Waals surface area contributed by atoms with Crippen molar-refractivity contribution in [1.82, 2.24) is 0 Å². The van der Waals surface area contributed by atoms with Crippen molar-refractivity contribution in [1.29, 1.82) is 0 Å². The normalized spacial score (nSPS) is 10.9. The Balaban J connectivity index is 3.21. The standard InChI is InChI=1S/C11H13O/c1-4-5-10-6-8(2)11(12)9(3)7-10/h4-7,12H,1H2,2-3H3. The molecule has 1 heteroatoms. The van der Waals surface area contributed by atoms with E-state index in [9.17, 15) is 5.11 Å². The second-order valence-electron chi connectivity index (χ2n) is 2.91. The van der Waals surface area contributed by atoms with Crippen molar-refractivity contribution in [2.24, 2.45) is 0 Å². The van der Waals surface area contributed by atoms with Crippen LogP contribution in [0.5, 0.6) is 5.75 Å². The number of benzene rings is 1. The van der Waals surface area contributed by atoms with E-state index in [-0.39, 0.29) is 0 Å². The molecule has 1 radical (unpaired) electrons. The van der Waals surface area contributed by atoms with Gasteiger partial charge in [0, 0.05) is 0 Å². The van der Waals surface area contributed by atoms with Crippen LogP contribution in [0.2, 0.25) is 0 Å². The third-order valence-corrected chi connectivity index (χ3v) is 1.82. The fraction of sp³-hybridized carbons (Fsp3) is 0.182. The number of allylic oxidation sites excluding steroid dienone is 1. The van der Waals surface area contributed by atoms with Crippen LogP contribution in [0, 0.1) is 20.8 Å². The molecule has 0 aromatic heterocycles. The number of phenols is 1. The Morgan fingerprint density at radius 3 is 2.17 bits per heavy atom. The smallest absolute Gasteiger partial charge is 0.121 e. The Hall–Kier alpha value is -1.24. The molecule has 0 aliphatic heterocycles. The van der Waals surface area contributed by atoms with E-state index in [1.807, 2.05) is 32.1 Å². The molecular formula is C11H13O. The first-order valence-electron chi connectivity index (χ1n) is 3.91. The molecule has 0 bridgehead atoms. The predicted octanol–water partition coefficient (Wildman–Crippen LogP) is 2.86. The van der Waals surface area contributed by atoms with Crippen LogP contribution in [-0.4, -0.2) is 5.11 Å². The maximum absolute atomic E-state index is 9.46. The summed E-state index contributed by atoms with van der Waals surface area (Å²) in [4.78, 5) is 0. The van der Waals surface area contributed by atoms with E-state index in [0.29, 0.717) is 5.75 Å². The molecule has 0 heterocycles. The molecule has 1 aromatic carbocycles. The van der Waals surface area contributed by atoms with Crippen LogP contribution in [0.3, 0.4) is 0 Å². The summed E-state index contributed by atoms with van der Waals surface area (Å²) in [6, 6.07) is 3.87. The summed E-state index contributed by atoms with van der Waals surface area (Å²) in [5.74, 6) is 0.385. The molecule has 0 aliphatic carbocycles. The van der Waals surface area contributed by atoms with Gasteiger partial charge in [-0.1, -0.05) is 12.2 Å². The van der Waals surface area contributed by atoms with E-state index in [4.69, 9.17) is 0 Å². The Bertz CT molecular complexity index is 288.